The van der Waals surface area contributed by atoms with Gasteiger partial charge in [-0.05, 0) is 32.3 Å². The molecule has 1 aromatic carbocycles. The van der Waals surface area contributed by atoms with E-state index in [0.717, 1.165) is 42.8 Å². The fourth-order valence-electron chi connectivity index (χ4n) is 3.80. The minimum atomic E-state index is 0.0656. The summed E-state index contributed by atoms with van der Waals surface area (Å²) >= 11 is 0. The zero-order valence-corrected chi connectivity index (χ0v) is 15.9. The minimum absolute atomic E-state index is 0.0656. The molecule has 1 aliphatic heterocycles. The van der Waals surface area contributed by atoms with Gasteiger partial charge in [-0.2, -0.15) is 10.2 Å². The topological polar surface area (TPSA) is 66.8 Å². The van der Waals surface area contributed by atoms with Crippen molar-refractivity contribution in [1.29, 1.82) is 0 Å². The van der Waals surface area contributed by atoms with Crippen molar-refractivity contribution in [3.8, 4) is 11.1 Å². The number of benzene rings is 1. The van der Waals surface area contributed by atoms with Crippen molar-refractivity contribution in [2.24, 2.45) is 0 Å². The molecule has 0 spiro atoms. The molecule has 3 aromatic rings. The molecular weight excluding hydrogens is 338 g/mol. The van der Waals surface area contributed by atoms with Gasteiger partial charge < -0.3 is 4.90 Å². The van der Waals surface area contributed by atoms with Crippen molar-refractivity contribution in [3.05, 3.63) is 59.7 Å². The third-order valence-corrected chi connectivity index (χ3v) is 5.35. The van der Waals surface area contributed by atoms with E-state index < -0.39 is 0 Å². The van der Waals surface area contributed by atoms with E-state index in [1.807, 2.05) is 24.2 Å². The molecule has 0 bridgehead atoms. The summed E-state index contributed by atoms with van der Waals surface area (Å²) in [5.74, 6) is 0.332. The average molecular weight is 363 g/mol. The van der Waals surface area contributed by atoms with E-state index in [9.17, 15) is 4.79 Å². The molecule has 2 aromatic heterocycles. The van der Waals surface area contributed by atoms with Gasteiger partial charge in [0.25, 0.3) is 5.91 Å². The number of aryl methyl sites for hydroxylation is 2. The zero-order valence-electron chi connectivity index (χ0n) is 15.9. The maximum atomic E-state index is 12.9. The van der Waals surface area contributed by atoms with Crippen LogP contribution in [-0.2, 0) is 6.54 Å². The number of carbonyl (C=O) groups excluding carboxylic acids is 1. The highest BCUT2D eigenvalue weighted by molar-refractivity contribution is 5.93. The van der Waals surface area contributed by atoms with Crippen LogP contribution < -0.4 is 0 Å². The molecule has 1 atom stereocenters. The van der Waals surface area contributed by atoms with E-state index in [-0.39, 0.29) is 11.8 Å². The molecule has 0 radical (unpaired) electrons. The second-order valence-electron chi connectivity index (χ2n) is 7.24. The predicted octanol–water partition coefficient (Wildman–Crippen LogP) is 3.62. The second-order valence-corrected chi connectivity index (χ2v) is 7.24. The number of nitrogens with one attached hydrogen (secondary N) is 1. The van der Waals surface area contributed by atoms with Gasteiger partial charge >= 0.3 is 0 Å². The van der Waals surface area contributed by atoms with Gasteiger partial charge in [0, 0.05) is 43.0 Å². The van der Waals surface area contributed by atoms with Crippen molar-refractivity contribution in [3.63, 3.8) is 0 Å². The van der Waals surface area contributed by atoms with E-state index >= 15 is 0 Å². The number of carbonyl (C=O) groups is 1. The van der Waals surface area contributed by atoms with Crippen molar-refractivity contribution < 1.29 is 4.79 Å². The van der Waals surface area contributed by atoms with Gasteiger partial charge in [0.05, 0.1) is 18.0 Å². The summed E-state index contributed by atoms with van der Waals surface area (Å²) in [4.78, 5) is 14.8. The van der Waals surface area contributed by atoms with Crippen LogP contribution in [0.5, 0.6) is 0 Å². The van der Waals surface area contributed by atoms with Crippen LogP contribution in [-0.4, -0.2) is 43.9 Å². The highest BCUT2D eigenvalue weighted by atomic mass is 16.2. The summed E-state index contributed by atoms with van der Waals surface area (Å²) in [6.07, 6.45) is 7.44. The number of rotatable bonds is 4. The quantitative estimate of drug-likeness (QED) is 0.770. The predicted molar refractivity (Wildman–Crippen MR) is 105 cm³/mol. The van der Waals surface area contributed by atoms with Crippen molar-refractivity contribution in [2.75, 3.05) is 13.1 Å². The number of H-pyrrole nitrogens is 1. The largest absolute Gasteiger partial charge is 0.338 e. The Kier molecular flexibility index (Phi) is 4.79. The Labute approximate surface area is 159 Å². The molecule has 1 fully saturated rings. The smallest absolute Gasteiger partial charge is 0.257 e. The Morgan fingerprint density at radius 1 is 1.26 bits per heavy atom. The lowest BCUT2D eigenvalue weighted by molar-refractivity contribution is 0.0706. The summed E-state index contributed by atoms with van der Waals surface area (Å²) < 4.78 is 1.79. The van der Waals surface area contributed by atoms with Crippen LogP contribution in [0.4, 0.5) is 0 Å². The highest BCUT2D eigenvalue weighted by Crippen LogP contribution is 2.33. The molecule has 0 saturated carbocycles. The Morgan fingerprint density at radius 2 is 2.07 bits per heavy atom. The first kappa shape index (κ1) is 17.5. The van der Waals surface area contributed by atoms with Gasteiger partial charge in [-0.15, -0.1) is 0 Å². The Bertz CT molecular complexity index is 924. The van der Waals surface area contributed by atoms with Crippen molar-refractivity contribution >= 4 is 5.91 Å². The molecule has 1 N–H and O–H groups in total. The zero-order chi connectivity index (χ0) is 18.8. The highest BCUT2D eigenvalue weighted by Gasteiger charge is 2.28. The van der Waals surface area contributed by atoms with Gasteiger partial charge in [0.15, 0.2) is 0 Å². The fraction of sp³-hybridized carbons (Fsp3) is 0.381. The average Bonchev–Trinajstić information content (AvgIpc) is 3.38. The summed E-state index contributed by atoms with van der Waals surface area (Å²) in [7, 11) is 0. The summed E-state index contributed by atoms with van der Waals surface area (Å²) in [5, 5.41) is 11.7. The van der Waals surface area contributed by atoms with Gasteiger partial charge in [0.1, 0.15) is 0 Å². The monoisotopic (exact) mass is 363 g/mol. The molecule has 1 unspecified atom stereocenters. The number of hydrogen-bond donors (Lipinski definition) is 1. The molecule has 27 heavy (non-hydrogen) atoms. The van der Waals surface area contributed by atoms with Crippen LogP contribution in [0.2, 0.25) is 0 Å². The van der Waals surface area contributed by atoms with Crippen LogP contribution in [0, 0.1) is 6.92 Å². The summed E-state index contributed by atoms with van der Waals surface area (Å²) in [6.45, 7) is 6.37. The molecule has 1 amide bonds. The maximum absolute atomic E-state index is 12.9. The first-order chi connectivity index (χ1) is 13.2. The number of nitrogens with zero attached hydrogens (tertiary/aromatic N) is 4. The molecule has 6 heteroatoms. The number of piperidine rings is 1. The van der Waals surface area contributed by atoms with E-state index in [1.165, 1.54) is 5.56 Å². The first-order valence-corrected chi connectivity index (χ1v) is 9.57. The third kappa shape index (κ3) is 3.52. The SMILES string of the molecule is CCn1cc(C(=O)N2CCCC(c3[nH]ncc3-c3ccc(C)cc3)C2)cn1. The molecule has 4 rings (SSSR count). The molecule has 6 nitrogen and oxygen atoms in total. The van der Waals surface area contributed by atoms with Crippen LogP contribution in [0.3, 0.4) is 0 Å². The Hall–Kier alpha value is -2.89. The van der Waals surface area contributed by atoms with E-state index in [2.05, 4.69) is 46.5 Å². The molecule has 140 valence electrons. The summed E-state index contributed by atoms with van der Waals surface area (Å²) in [6, 6.07) is 8.51. The first-order valence-electron chi connectivity index (χ1n) is 9.57. The van der Waals surface area contributed by atoms with Crippen molar-refractivity contribution in [1.82, 2.24) is 24.9 Å². The van der Waals surface area contributed by atoms with E-state index in [4.69, 9.17) is 0 Å². The van der Waals surface area contributed by atoms with Gasteiger partial charge in [-0.3, -0.25) is 14.6 Å². The number of likely N-dealkylation sites (tertiary alicyclic amines) is 1. The number of hydrogen-bond acceptors (Lipinski definition) is 3. The molecular formula is C21H25N5O. The third-order valence-electron chi connectivity index (χ3n) is 5.35. The fourth-order valence-corrected chi connectivity index (χ4v) is 3.80. The second kappa shape index (κ2) is 7.39. The Balaban J connectivity index is 1.54. The van der Waals surface area contributed by atoms with E-state index in [1.54, 1.807) is 10.9 Å². The standard InChI is InChI=1S/C21H25N5O/c1-3-26-14-18(11-23-26)21(27)25-10-4-5-17(13-25)20-19(12-22-24-20)16-8-6-15(2)7-9-16/h6-9,11-12,14,17H,3-5,10,13H2,1-2H3,(H,22,24). The normalized spacial score (nSPS) is 17.3. The van der Waals surface area contributed by atoms with Crippen LogP contribution >= 0.6 is 0 Å². The van der Waals surface area contributed by atoms with E-state index in [0.29, 0.717) is 12.1 Å². The van der Waals surface area contributed by atoms with Crippen LogP contribution in [0.1, 0.15) is 47.3 Å². The van der Waals surface area contributed by atoms with Crippen LogP contribution in [0.25, 0.3) is 11.1 Å². The lowest BCUT2D eigenvalue weighted by atomic mass is 9.90. The van der Waals surface area contributed by atoms with Crippen LogP contribution in [0.15, 0.2) is 42.9 Å². The summed E-state index contributed by atoms with van der Waals surface area (Å²) in [5.41, 5.74) is 5.33. The minimum Gasteiger partial charge on any atom is -0.338 e. The van der Waals surface area contributed by atoms with Gasteiger partial charge in [-0.1, -0.05) is 29.8 Å². The van der Waals surface area contributed by atoms with Crippen molar-refractivity contribution in [2.45, 2.75) is 39.2 Å². The number of amides is 1. The maximum Gasteiger partial charge on any atom is 0.257 e. The van der Waals surface area contributed by atoms with Gasteiger partial charge in [-0.25, -0.2) is 0 Å². The lowest BCUT2D eigenvalue weighted by Gasteiger charge is -2.32. The molecule has 3 heterocycles. The number of aromatic nitrogens is 4. The molecule has 1 saturated heterocycles. The molecule has 1 aliphatic rings. The van der Waals surface area contributed by atoms with Gasteiger partial charge in [0.2, 0.25) is 0 Å². The molecule has 0 aliphatic carbocycles. The lowest BCUT2D eigenvalue weighted by Crippen LogP contribution is -2.39. The Morgan fingerprint density at radius 3 is 2.81 bits per heavy atom. The number of aromatic amines is 1.